The first-order chi connectivity index (χ1) is 26.7. The van der Waals surface area contributed by atoms with Gasteiger partial charge in [-0.15, -0.1) is 0 Å². The third-order valence-corrected chi connectivity index (χ3v) is 9.90. The summed E-state index contributed by atoms with van der Waals surface area (Å²) in [6, 6.07) is 54.1. The fraction of sp³-hybridized carbons (Fsp3) is 0. The molecule has 0 saturated carbocycles. The molecule has 250 valence electrons. The van der Waals surface area contributed by atoms with Crippen LogP contribution in [0.15, 0.2) is 162 Å². The fourth-order valence-electron chi connectivity index (χ4n) is 7.39. The summed E-state index contributed by atoms with van der Waals surface area (Å²) in [6.07, 6.45) is 0. The highest BCUT2D eigenvalue weighted by atomic mass is 16.3. The van der Waals surface area contributed by atoms with Crippen molar-refractivity contribution in [1.82, 2.24) is 19.5 Å². The number of para-hydroxylation sites is 2. The first-order valence-electron chi connectivity index (χ1n) is 17.4. The van der Waals surface area contributed by atoms with Crippen LogP contribution < -0.4 is 0 Å². The van der Waals surface area contributed by atoms with Crippen LogP contribution in [0.1, 0.15) is 5.56 Å². The van der Waals surface area contributed by atoms with E-state index in [-0.39, 0.29) is 0 Å². The van der Waals surface area contributed by atoms with Crippen LogP contribution in [-0.4, -0.2) is 19.5 Å². The lowest BCUT2D eigenvalue weighted by molar-refractivity contribution is 0.670. The van der Waals surface area contributed by atoms with Crippen molar-refractivity contribution in [2.45, 2.75) is 0 Å². The van der Waals surface area contributed by atoms with Crippen molar-refractivity contribution in [3.8, 4) is 57.0 Å². The molecule has 54 heavy (non-hydrogen) atoms. The lowest BCUT2D eigenvalue weighted by atomic mass is 9.98. The van der Waals surface area contributed by atoms with Gasteiger partial charge in [-0.3, -0.25) is 0 Å². The van der Waals surface area contributed by atoms with E-state index in [1.165, 1.54) is 0 Å². The topological polar surface area (TPSA) is 84.9 Å². The van der Waals surface area contributed by atoms with Crippen molar-refractivity contribution < 1.29 is 4.42 Å². The van der Waals surface area contributed by atoms with Crippen LogP contribution in [0.2, 0.25) is 0 Å². The van der Waals surface area contributed by atoms with Gasteiger partial charge in [-0.1, -0.05) is 121 Å². The largest absolute Gasteiger partial charge is 0.455 e. The van der Waals surface area contributed by atoms with Crippen molar-refractivity contribution in [3.05, 3.63) is 175 Å². The zero-order valence-electron chi connectivity index (χ0n) is 28.6. The minimum Gasteiger partial charge on any atom is -0.455 e. The molecule has 3 aromatic heterocycles. The molecule has 0 spiro atoms. The average Bonchev–Trinajstić information content (AvgIpc) is 3.79. The van der Waals surface area contributed by atoms with Crippen LogP contribution in [0.3, 0.4) is 0 Å². The van der Waals surface area contributed by atoms with Gasteiger partial charge in [-0.2, -0.15) is 5.26 Å². The van der Waals surface area contributed by atoms with E-state index in [1.54, 1.807) is 0 Å². The SMILES string of the molecule is [C-]#[N+]c1ccc2c3ccc(C#N)cc3n(-c3ccc(-c4cccc5c4oc4ccccc45)cc3-c3nc(-c4ccccc4)nc(-c4ccccc4)n3)c2c1. The summed E-state index contributed by atoms with van der Waals surface area (Å²) < 4.78 is 8.62. The minimum absolute atomic E-state index is 0.476. The molecule has 0 amide bonds. The maximum absolute atomic E-state index is 9.99. The molecule has 7 aromatic carbocycles. The smallest absolute Gasteiger partial charge is 0.189 e. The Labute approximate surface area is 309 Å². The number of benzene rings is 7. The molecule has 0 aliphatic carbocycles. The van der Waals surface area contributed by atoms with E-state index in [1.807, 2.05) is 115 Å². The average molecular weight is 691 g/mol. The van der Waals surface area contributed by atoms with Gasteiger partial charge >= 0.3 is 0 Å². The van der Waals surface area contributed by atoms with Gasteiger partial charge in [-0.05, 0) is 42.0 Å². The number of fused-ring (bicyclic) bond motifs is 6. The van der Waals surface area contributed by atoms with Crippen molar-refractivity contribution in [2.24, 2.45) is 0 Å². The number of aromatic nitrogens is 4. The lowest BCUT2D eigenvalue weighted by Gasteiger charge is -2.16. The van der Waals surface area contributed by atoms with E-state index < -0.39 is 0 Å². The van der Waals surface area contributed by atoms with Crippen LogP contribution in [-0.2, 0) is 0 Å². The van der Waals surface area contributed by atoms with Crippen LogP contribution in [0.4, 0.5) is 5.69 Å². The molecule has 0 unspecified atom stereocenters. The maximum atomic E-state index is 9.99. The quantitative estimate of drug-likeness (QED) is 0.168. The van der Waals surface area contributed by atoms with E-state index in [0.717, 1.165) is 77.2 Å². The van der Waals surface area contributed by atoms with E-state index >= 15 is 0 Å². The number of hydrogen-bond acceptors (Lipinski definition) is 5. The summed E-state index contributed by atoms with van der Waals surface area (Å²) in [4.78, 5) is 19.1. The molecular formula is C47H26N6O. The molecule has 3 heterocycles. The molecule has 0 fully saturated rings. The molecule has 0 N–H and O–H groups in total. The zero-order chi connectivity index (χ0) is 36.2. The predicted octanol–water partition coefficient (Wildman–Crippen LogP) is 12.0. The second-order valence-corrected chi connectivity index (χ2v) is 13.0. The van der Waals surface area contributed by atoms with Gasteiger partial charge in [-0.25, -0.2) is 19.8 Å². The lowest BCUT2D eigenvalue weighted by Crippen LogP contribution is -2.04. The number of nitriles is 1. The normalized spacial score (nSPS) is 11.3. The highest BCUT2D eigenvalue weighted by molar-refractivity contribution is 6.12. The van der Waals surface area contributed by atoms with Crippen molar-refractivity contribution in [1.29, 1.82) is 5.26 Å². The molecule has 0 aliphatic heterocycles. The Bertz CT molecular complexity index is 3060. The standard InChI is InChI=1S/C47H26N6O/c1-49-33-21-23-36-35-22-19-29(28-48)25-41(35)53(42(36)27-33)40-24-20-32(34-16-10-17-38-37-15-8-9-18-43(37)54-44(34)38)26-39(40)47-51-45(30-11-4-2-5-12-30)50-46(52-47)31-13-6-3-7-14-31/h2-27H. The van der Waals surface area contributed by atoms with Crippen molar-refractivity contribution in [2.75, 3.05) is 0 Å². The summed E-state index contributed by atoms with van der Waals surface area (Å²) in [5, 5.41) is 14.0. The van der Waals surface area contributed by atoms with Crippen molar-refractivity contribution >= 4 is 49.4 Å². The molecule has 10 rings (SSSR count). The fourth-order valence-corrected chi connectivity index (χ4v) is 7.39. The van der Waals surface area contributed by atoms with Gasteiger partial charge in [0.15, 0.2) is 23.2 Å². The maximum Gasteiger partial charge on any atom is 0.189 e. The number of furan rings is 1. The Morgan fingerprint density at radius 1 is 0.537 bits per heavy atom. The monoisotopic (exact) mass is 690 g/mol. The van der Waals surface area contributed by atoms with Gasteiger partial charge in [0.1, 0.15) is 11.2 Å². The van der Waals surface area contributed by atoms with Gasteiger partial charge in [0, 0.05) is 49.3 Å². The van der Waals surface area contributed by atoms with E-state index in [2.05, 4.69) is 57.9 Å². The zero-order valence-corrected chi connectivity index (χ0v) is 28.6. The summed E-state index contributed by atoms with van der Waals surface area (Å²) in [7, 11) is 0. The van der Waals surface area contributed by atoms with Gasteiger partial charge in [0.2, 0.25) is 0 Å². The summed E-state index contributed by atoms with van der Waals surface area (Å²) in [5.74, 6) is 1.56. The summed E-state index contributed by atoms with van der Waals surface area (Å²) >= 11 is 0. The van der Waals surface area contributed by atoms with Crippen LogP contribution in [0.5, 0.6) is 0 Å². The van der Waals surface area contributed by atoms with Crippen molar-refractivity contribution in [3.63, 3.8) is 0 Å². The first-order valence-corrected chi connectivity index (χ1v) is 17.4. The Hall–Kier alpha value is -7.87. The predicted molar refractivity (Wildman–Crippen MR) is 214 cm³/mol. The second kappa shape index (κ2) is 12.4. The molecule has 10 aromatic rings. The Morgan fingerprint density at radius 2 is 1.19 bits per heavy atom. The summed E-state index contributed by atoms with van der Waals surface area (Å²) in [5.41, 5.74) is 9.43. The molecule has 7 nitrogen and oxygen atoms in total. The third-order valence-electron chi connectivity index (χ3n) is 9.90. The number of hydrogen-bond donors (Lipinski definition) is 0. The molecule has 7 heteroatoms. The molecule has 0 aliphatic rings. The van der Waals surface area contributed by atoms with Gasteiger partial charge in [0.05, 0.1) is 29.4 Å². The number of rotatable bonds is 5. The Balaban J connectivity index is 1.32. The molecular weight excluding hydrogens is 665 g/mol. The van der Waals surface area contributed by atoms with Gasteiger partial charge < -0.3 is 8.98 Å². The van der Waals surface area contributed by atoms with E-state index in [9.17, 15) is 5.26 Å². The number of nitrogens with zero attached hydrogens (tertiary/aromatic N) is 6. The molecule has 0 bridgehead atoms. The van der Waals surface area contributed by atoms with Crippen LogP contribution in [0, 0.1) is 17.9 Å². The molecule has 0 atom stereocenters. The molecule has 0 radical (unpaired) electrons. The van der Waals surface area contributed by atoms with E-state index in [0.29, 0.717) is 28.7 Å². The highest BCUT2D eigenvalue weighted by Crippen LogP contribution is 2.41. The molecule has 0 saturated heterocycles. The van der Waals surface area contributed by atoms with Crippen LogP contribution in [0.25, 0.3) is 99.6 Å². The Kier molecular flexibility index (Phi) is 7.11. The van der Waals surface area contributed by atoms with Gasteiger partial charge in [0.25, 0.3) is 0 Å². The highest BCUT2D eigenvalue weighted by Gasteiger charge is 2.22. The van der Waals surface area contributed by atoms with E-state index in [4.69, 9.17) is 25.9 Å². The van der Waals surface area contributed by atoms with Crippen LogP contribution >= 0.6 is 0 Å². The third kappa shape index (κ3) is 5.00. The summed E-state index contributed by atoms with van der Waals surface area (Å²) in [6.45, 7) is 7.85. The Morgan fingerprint density at radius 3 is 1.91 bits per heavy atom. The first kappa shape index (κ1) is 30.9. The minimum atomic E-state index is 0.476. The second-order valence-electron chi connectivity index (χ2n) is 13.0.